The minimum Gasteiger partial charge on any atom is -0.460 e. The molecule has 0 spiro atoms. The van der Waals surface area contributed by atoms with Crippen molar-refractivity contribution in [1.29, 1.82) is 0 Å². The highest BCUT2D eigenvalue weighted by molar-refractivity contribution is 5.83. The number of rotatable bonds is 8. The number of ether oxygens (including phenoxy) is 3. The van der Waals surface area contributed by atoms with Crippen LogP contribution in [0.3, 0.4) is 0 Å². The van der Waals surface area contributed by atoms with E-state index in [-0.39, 0.29) is 19.1 Å². The summed E-state index contributed by atoms with van der Waals surface area (Å²) in [5.41, 5.74) is 5.17. The van der Waals surface area contributed by atoms with E-state index >= 15 is 0 Å². The second-order valence-electron chi connectivity index (χ2n) is 8.36. The van der Waals surface area contributed by atoms with E-state index in [1.807, 2.05) is 78.9 Å². The van der Waals surface area contributed by atoms with Crippen molar-refractivity contribution in [1.82, 2.24) is 5.32 Å². The fourth-order valence-corrected chi connectivity index (χ4v) is 4.28. The Morgan fingerprint density at radius 1 is 0.829 bits per heavy atom. The van der Waals surface area contributed by atoms with Gasteiger partial charge < -0.3 is 19.5 Å². The number of hydrogen-bond donors (Lipinski definition) is 1. The summed E-state index contributed by atoms with van der Waals surface area (Å²) >= 11 is 0. The molecule has 0 bridgehead atoms. The Bertz CT molecular complexity index is 1160. The molecule has 3 aromatic rings. The molecule has 35 heavy (non-hydrogen) atoms. The Kier molecular flexibility index (Phi) is 7.45. The van der Waals surface area contributed by atoms with Crippen molar-refractivity contribution in [2.75, 3.05) is 6.61 Å². The fourth-order valence-electron chi connectivity index (χ4n) is 4.28. The Morgan fingerprint density at radius 2 is 1.40 bits per heavy atom. The lowest BCUT2D eigenvalue weighted by atomic mass is 9.98. The second kappa shape index (κ2) is 10.9. The van der Waals surface area contributed by atoms with Crippen LogP contribution in [0.1, 0.15) is 36.5 Å². The zero-order valence-corrected chi connectivity index (χ0v) is 19.6. The number of amides is 1. The largest absolute Gasteiger partial charge is 0.460 e. The molecule has 0 unspecified atom stereocenters. The normalized spacial score (nSPS) is 13.7. The van der Waals surface area contributed by atoms with Crippen LogP contribution in [0.4, 0.5) is 4.79 Å². The SMILES string of the molecule is CC(=O)O[C@H](C)[C@H](NC(=O)OCC1c2ccccc2-c2ccccc21)C(=O)OCc1ccccc1. The number of carbonyl (C=O) groups is 3. The third-order valence-corrected chi connectivity index (χ3v) is 5.92. The molecule has 7 nitrogen and oxygen atoms in total. The van der Waals surface area contributed by atoms with E-state index in [4.69, 9.17) is 14.2 Å². The Hall–Kier alpha value is -4.13. The van der Waals surface area contributed by atoms with E-state index in [0.717, 1.165) is 27.8 Å². The summed E-state index contributed by atoms with van der Waals surface area (Å²) in [4.78, 5) is 37.0. The molecule has 0 heterocycles. The average Bonchev–Trinajstić information content (AvgIpc) is 3.18. The molecule has 1 aliphatic carbocycles. The minimum absolute atomic E-state index is 0.0231. The van der Waals surface area contributed by atoms with E-state index in [1.165, 1.54) is 13.8 Å². The van der Waals surface area contributed by atoms with Crippen LogP contribution in [0, 0.1) is 0 Å². The van der Waals surface area contributed by atoms with Crippen molar-refractivity contribution in [3.8, 4) is 11.1 Å². The monoisotopic (exact) mass is 473 g/mol. The van der Waals surface area contributed by atoms with Crippen LogP contribution in [-0.4, -0.2) is 36.8 Å². The first kappa shape index (κ1) is 24.0. The van der Waals surface area contributed by atoms with Gasteiger partial charge >= 0.3 is 18.0 Å². The summed E-state index contributed by atoms with van der Waals surface area (Å²) in [7, 11) is 0. The van der Waals surface area contributed by atoms with Crippen molar-refractivity contribution in [2.24, 2.45) is 0 Å². The zero-order valence-electron chi connectivity index (χ0n) is 19.6. The van der Waals surface area contributed by atoms with Gasteiger partial charge in [0.25, 0.3) is 0 Å². The van der Waals surface area contributed by atoms with Gasteiger partial charge in [0.15, 0.2) is 6.04 Å². The van der Waals surface area contributed by atoms with Crippen LogP contribution in [0.2, 0.25) is 0 Å². The standard InChI is InChI=1S/C28H27NO6/c1-18(35-19(2)30)26(27(31)33-16-20-10-4-3-5-11-20)29-28(32)34-17-25-23-14-8-6-12-21(23)22-13-7-9-15-24(22)25/h3-15,18,25-26H,16-17H2,1-2H3,(H,29,32)/t18-,26+/m1/s1. The average molecular weight is 474 g/mol. The highest BCUT2D eigenvalue weighted by atomic mass is 16.6. The first-order valence-electron chi connectivity index (χ1n) is 11.4. The molecule has 3 aromatic carbocycles. The summed E-state index contributed by atoms with van der Waals surface area (Å²) in [6.45, 7) is 2.86. The second-order valence-corrected chi connectivity index (χ2v) is 8.36. The van der Waals surface area contributed by atoms with Crippen molar-refractivity contribution < 1.29 is 28.6 Å². The van der Waals surface area contributed by atoms with Crippen LogP contribution in [0.5, 0.6) is 0 Å². The molecule has 2 atom stereocenters. The van der Waals surface area contributed by atoms with Gasteiger partial charge in [0, 0.05) is 12.8 Å². The molecular formula is C28H27NO6. The van der Waals surface area contributed by atoms with Gasteiger partial charge in [-0.15, -0.1) is 0 Å². The number of alkyl carbamates (subject to hydrolysis) is 1. The van der Waals surface area contributed by atoms with Gasteiger partial charge in [0.1, 0.15) is 19.3 Å². The van der Waals surface area contributed by atoms with Crippen LogP contribution < -0.4 is 5.32 Å². The van der Waals surface area contributed by atoms with Crippen molar-refractivity contribution >= 4 is 18.0 Å². The Labute approximate surface area is 204 Å². The summed E-state index contributed by atoms with van der Waals surface area (Å²) in [6.07, 6.45) is -1.75. The van der Waals surface area contributed by atoms with Crippen LogP contribution in [0.25, 0.3) is 11.1 Å². The van der Waals surface area contributed by atoms with Crippen LogP contribution in [-0.2, 0) is 30.4 Å². The highest BCUT2D eigenvalue weighted by Crippen LogP contribution is 2.44. The molecule has 7 heteroatoms. The van der Waals surface area contributed by atoms with Gasteiger partial charge in [-0.05, 0) is 34.7 Å². The third-order valence-electron chi connectivity index (χ3n) is 5.92. The van der Waals surface area contributed by atoms with Gasteiger partial charge in [-0.2, -0.15) is 0 Å². The molecular weight excluding hydrogens is 446 g/mol. The van der Waals surface area contributed by atoms with E-state index in [9.17, 15) is 14.4 Å². The molecule has 0 aliphatic heterocycles. The summed E-state index contributed by atoms with van der Waals surface area (Å²) in [5.74, 6) is -1.42. The lowest BCUT2D eigenvalue weighted by Gasteiger charge is -2.23. The van der Waals surface area contributed by atoms with Gasteiger partial charge in [-0.3, -0.25) is 4.79 Å². The number of benzene rings is 3. The molecule has 0 aromatic heterocycles. The predicted octanol–water partition coefficient (Wildman–Crippen LogP) is 4.59. The highest BCUT2D eigenvalue weighted by Gasteiger charge is 2.33. The van der Waals surface area contributed by atoms with Gasteiger partial charge in [-0.1, -0.05) is 78.9 Å². The summed E-state index contributed by atoms with van der Waals surface area (Å²) in [6, 6.07) is 23.9. The first-order chi connectivity index (χ1) is 16.9. The van der Waals surface area contributed by atoms with Gasteiger partial charge in [0.05, 0.1) is 0 Å². The van der Waals surface area contributed by atoms with Gasteiger partial charge in [0.2, 0.25) is 0 Å². The number of esters is 2. The third kappa shape index (κ3) is 5.69. The van der Waals surface area contributed by atoms with Crippen molar-refractivity contribution in [2.45, 2.75) is 38.5 Å². The van der Waals surface area contributed by atoms with Gasteiger partial charge in [-0.25, -0.2) is 9.59 Å². The van der Waals surface area contributed by atoms with Crippen molar-refractivity contribution in [3.05, 3.63) is 95.6 Å². The van der Waals surface area contributed by atoms with Crippen molar-refractivity contribution in [3.63, 3.8) is 0 Å². The quantitative estimate of drug-likeness (QED) is 0.380. The molecule has 180 valence electrons. The maximum atomic E-state index is 12.8. The van der Waals surface area contributed by atoms with E-state index < -0.39 is 30.2 Å². The minimum atomic E-state index is -1.22. The predicted molar refractivity (Wildman–Crippen MR) is 129 cm³/mol. The lowest BCUT2D eigenvalue weighted by molar-refractivity contribution is -0.156. The number of hydrogen-bond acceptors (Lipinski definition) is 6. The lowest BCUT2D eigenvalue weighted by Crippen LogP contribution is -2.50. The van der Waals surface area contributed by atoms with Crippen LogP contribution >= 0.6 is 0 Å². The zero-order chi connectivity index (χ0) is 24.8. The number of carbonyl (C=O) groups excluding carboxylic acids is 3. The Balaban J connectivity index is 1.42. The maximum absolute atomic E-state index is 12.8. The Morgan fingerprint density at radius 3 is 2.00 bits per heavy atom. The van der Waals surface area contributed by atoms with Crippen LogP contribution in [0.15, 0.2) is 78.9 Å². The molecule has 1 aliphatic rings. The summed E-state index contributed by atoms with van der Waals surface area (Å²) < 4.78 is 16.1. The summed E-state index contributed by atoms with van der Waals surface area (Å²) in [5, 5.41) is 2.52. The molecule has 4 rings (SSSR count). The topological polar surface area (TPSA) is 90.9 Å². The molecule has 0 fully saturated rings. The van der Waals surface area contributed by atoms with E-state index in [1.54, 1.807) is 0 Å². The molecule has 1 amide bonds. The maximum Gasteiger partial charge on any atom is 0.407 e. The molecule has 0 saturated heterocycles. The molecule has 0 radical (unpaired) electrons. The van der Waals surface area contributed by atoms with E-state index in [2.05, 4.69) is 5.32 Å². The fraction of sp³-hybridized carbons (Fsp3) is 0.250. The number of nitrogens with one attached hydrogen (secondary N) is 1. The smallest absolute Gasteiger partial charge is 0.407 e. The van der Waals surface area contributed by atoms with E-state index in [0.29, 0.717) is 0 Å². The molecule has 1 N–H and O–H groups in total. The first-order valence-corrected chi connectivity index (χ1v) is 11.4. The molecule has 0 saturated carbocycles. The number of fused-ring (bicyclic) bond motifs is 3.